The SMILES string of the molecule is Cc1nc([C@@H]2C[C@@H](O)CN2)n[nH]1. The minimum Gasteiger partial charge on any atom is -0.392 e. The lowest BCUT2D eigenvalue weighted by atomic mass is 10.2. The number of aromatic amines is 1. The number of hydrogen-bond donors (Lipinski definition) is 3. The number of nitrogens with one attached hydrogen (secondary N) is 2. The van der Waals surface area contributed by atoms with E-state index in [1.165, 1.54) is 0 Å². The number of β-amino-alcohol motifs (C(OH)–C–C–N with tert-alkyl or cyclic N) is 1. The molecule has 1 fully saturated rings. The molecule has 1 aromatic heterocycles. The van der Waals surface area contributed by atoms with Gasteiger partial charge in [0.2, 0.25) is 0 Å². The lowest BCUT2D eigenvalue weighted by Gasteiger charge is -2.02. The first kappa shape index (κ1) is 7.70. The van der Waals surface area contributed by atoms with Crippen LogP contribution in [0.3, 0.4) is 0 Å². The third-order valence-corrected chi connectivity index (χ3v) is 2.03. The molecule has 12 heavy (non-hydrogen) atoms. The van der Waals surface area contributed by atoms with Crippen molar-refractivity contribution >= 4 is 0 Å². The molecule has 3 N–H and O–H groups in total. The lowest BCUT2D eigenvalue weighted by Crippen LogP contribution is -2.15. The standard InChI is InChI=1S/C7H12N4O/c1-4-9-7(11-10-4)6-2-5(12)3-8-6/h5-6,8,12H,2-3H2,1H3,(H,9,10,11)/t5-,6+/m1/s1. The Morgan fingerprint density at radius 1 is 1.58 bits per heavy atom. The van der Waals surface area contributed by atoms with E-state index >= 15 is 0 Å². The van der Waals surface area contributed by atoms with Crippen LogP contribution >= 0.6 is 0 Å². The first-order chi connectivity index (χ1) is 5.75. The summed E-state index contributed by atoms with van der Waals surface area (Å²) >= 11 is 0. The summed E-state index contributed by atoms with van der Waals surface area (Å²) in [5, 5.41) is 19.2. The van der Waals surface area contributed by atoms with Crippen LogP contribution in [0, 0.1) is 6.92 Å². The second kappa shape index (κ2) is 2.84. The number of nitrogens with zero attached hydrogens (tertiary/aromatic N) is 2. The Hall–Kier alpha value is -0.940. The molecule has 0 bridgehead atoms. The van der Waals surface area contributed by atoms with Crippen molar-refractivity contribution < 1.29 is 5.11 Å². The Bertz CT molecular complexity index is 272. The fraction of sp³-hybridized carbons (Fsp3) is 0.714. The van der Waals surface area contributed by atoms with Gasteiger partial charge in [-0.1, -0.05) is 0 Å². The molecule has 2 heterocycles. The van der Waals surface area contributed by atoms with Crippen molar-refractivity contribution in [3.63, 3.8) is 0 Å². The predicted molar refractivity (Wildman–Crippen MR) is 42.5 cm³/mol. The van der Waals surface area contributed by atoms with E-state index in [1.807, 2.05) is 6.92 Å². The maximum atomic E-state index is 9.24. The van der Waals surface area contributed by atoms with E-state index in [-0.39, 0.29) is 12.1 Å². The zero-order chi connectivity index (χ0) is 8.55. The maximum Gasteiger partial charge on any atom is 0.167 e. The molecule has 0 radical (unpaired) electrons. The predicted octanol–water partition coefficient (Wildman–Crippen LogP) is -0.492. The summed E-state index contributed by atoms with van der Waals surface area (Å²) in [6.07, 6.45) is 0.450. The van der Waals surface area contributed by atoms with Crippen molar-refractivity contribution in [3.8, 4) is 0 Å². The first-order valence-corrected chi connectivity index (χ1v) is 4.06. The van der Waals surface area contributed by atoms with Gasteiger partial charge in [0.1, 0.15) is 5.82 Å². The molecule has 5 heteroatoms. The number of aliphatic hydroxyl groups is 1. The van der Waals surface area contributed by atoms with Crippen LogP contribution in [0.15, 0.2) is 0 Å². The highest BCUT2D eigenvalue weighted by Crippen LogP contribution is 2.19. The van der Waals surface area contributed by atoms with Crippen LogP contribution in [-0.4, -0.2) is 32.9 Å². The van der Waals surface area contributed by atoms with Crippen molar-refractivity contribution in [2.45, 2.75) is 25.5 Å². The van der Waals surface area contributed by atoms with Crippen molar-refractivity contribution in [2.75, 3.05) is 6.54 Å². The molecule has 5 nitrogen and oxygen atoms in total. The molecule has 0 spiro atoms. The van der Waals surface area contributed by atoms with Crippen LogP contribution in [-0.2, 0) is 0 Å². The summed E-state index contributed by atoms with van der Waals surface area (Å²) in [6.45, 7) is 2.50. The van der Waals surface area contributed by atoms with E-state index in [0.717, 1.165) is 11.6 Å². The van der Waals surface area contributed by atoms with Crippen molar-refractivity contribution in [1.82, 2.24) is 20.5 Å². The van der Waals surface area contributed by atoms with E-state index < -0.39 is 0 Å². The van der Waals surface area contributed by atoms with Crippen molar-refractivity contribution in [3.05, 3.63) is 11.6 Å². The molecule has 0 aromatic carbocycles. The molecule has 1 aromatic rings. The Balaban J connectivity index is 2.11. The quantitative estimate of drug-likeness (QED) is 0.529. The molecule has 1 saturated heterocycles. The molecule has 2 atom stereocenters. The van der Waals surface area contributed by atoms with Gasteiger partial charge in [-0.15, -0.1) is 0 Å². The van der Waals surface area contributed by atoms with Gasteiger partial charge in [-0.3, -0.25) is 5.10 Å². The van der Waals surface area contributed by atoms with E-state index in [0.29, 0.717) is 13.0 Å². The van der Waals surface area contributed by atoms with Crippen LogP contribution in [0.5, 0.6) is 0 Å². The van der Waals surface area contributed by atoms with Gasteiger partial charge in [0.15, 0.2) is 5.82 Å². The fourth-order valence-electron chi connectivity index (χ4n) is 1.43. The van der Waals surface area contributed by atoms with Crippen LogP contribution in [0.2, 0.25) is 0 Å². The number of rotatable bonds is 1. The molecule has 0 unspecified atom stereocenters. The Morgan fingerprint density at radius 2 is 2.42 bits per heavy atom. The van der Waals surface area contributed by atoms with Gasteiger partial charge >= 0.3 is 0 Å². The van der Waals surface area contributed by atoms with Crippen LogP contribution in [0.25, 0.3) is 0 Å². The number of hydrogen-bond acceptors (Lipinski definition) is 4. The second-order valence-electron chi connectivity index (χ2n) is 3.13. The molecule has 0 aliphatic carbocycles. The summed E-state index contributed by atoms with van der Waals surface area (Å²) in [7, 11) is 0. The Kier molecular flexibility index (Phi) is 1.82. The highest BCUT2D eigenvalue weighted by molar-refractivity contribution is 4.99. The molecule has 1 aliphatic rings. The van der Waals surface area contributed by atoms with E-state index in [9.17, 15) is 5.11 Å². The van der Waals surface area contributed by atoms with Crippen LogP contribution in [0.1, 0.15) is 24.1 Å². The van der Waals surface area contributed by atoms with Gasteiger partial charge in [0, 0.05) is 6.54 Å². The fourth-order valence-corrected chi connectivity index (χ4v) is 1.43. The van der Waals surface area contributed by atoms with Gasteiger partial charge in [-0.25, -0.2) is 4.98 Å². The molecule has 66 valence electrons. The van der Waals surface area contributed by atoms with Crippen molar-refractivity contribution in [2.24, 2.45) is 0 Å². The average Bonchev–Trinajstić information content (AvgIpc) is 2.58. The zero-order valence-electron chi connectivity index (χ0n) is 6.91. The van der Waals surface area contributed by atoms with Crippen LogP contribution < -0.4 is 5.32 Å². The summed E-state index contributed by atoms with van der Waals surface area (Å²) in [5.74, 6) is 1.57. The minimum atomic E-state index is -0.256. The molecule has 0 saturated carbocycles. The summed E-state index contributed by atoms with van der Waals surface area (Å²) < 4.78 is 0. The largest absolute Gasteiger partial charge is 0.392 e. The number of aliphatic hydroxyl groups excluding tert-OH is 1. The lowest BCUT2D eigenvalue weighted by molar-refractivity contribution is 0.193. The normalized spacial score (nSPS) is 29.5. The Morgan fingerprint density at radius 3 is 2.92 bits per heavy atom. The first-order valence-electron chi connectivity index (χ1n) is 4.06. The topological polar surface area (TPSA) is 73.8 Å². The van der Waals surface area contributed by atoms with E-state index in [1.54, 1.807) is 0 Å². The maximum absolute atomic E-state index is 9.24. The number of aryl methyl sites for hydroxylation is 1. The average molecular weight is 168 g/mol. The van der Waals surface area contributed by atoms with Gasteiger partial charge in [-0.05, 0) is 13.3 Å². The zero-order valence-corrected chi connectivity index (χ0v) is 6.91. The molecule has 1 aliphatic heterocycles. The second-order valence-corrected chi connectivity index (χ2v) is 3.13. The summed E-state index contributed by atoms with van der Waals surface area (Å²) in [6, 6.07) is 0.116. The van der Waals surface area contributed by atoms with Gasteiger partial charge in [0.25, 0.3) is 0 Å². The van der Waals surface area contributed by atoms with Gasteiger partial charge in [-0.2, -0.15) is 5.10 Å². The van der Waals surface area contributed by atoms with E-state index in [4.69, 9.17) is 0 Å². The molecular weight excluding hydrogens is 156 g/mol. The highest BCUT2D eigenvalue weighted by atomic mass is 16.3. The van der Waals surface area contributed by atoms with Gasteiger partial charge < -0.3 is 10.4 Å². The molecular formula is C7H12N4O. The number of H-pyrrole nitrogens is 1. The third-order valence-electron chi connectivity index (χ3n) is 2.03. The van der Waals surface area contributed by atoms with Crippen molar-refractivity contribution in [1.29, 1.82) is 0 Å². The number of aromatic nitrogens is 3. The summed E-state index contributed by atoms with van der Waals surface area (Å²) in [4.78, 5) is 4.19. The summed E-state index contributed by atoms with van der Waals surface area (Å²) in [5.41, 5.74) is 0. The molecule has 2 rings (SSSR count). The minimum absolute atomic E-state index is 0.116. The Labute approximate surface area is 70.2 Å². The van der Waals surface area contributed by atoms with Crippen LogP contribution in [0.4, 0.5) is 0 Å². The highest BCUT2D eigenvalue weighted by Gasteiger charge is 2.26. The van der Waals surface area contributed by atoms with E-state index in [2.05, 4.69) is 20.5 Å². The van der Waals surface area contributed by atoms with Gasteiger partial charge in [0.05, 0.1) is 12.1 Å². The smallest absolute Gasteiger partial charge is 0.167 e. The monoisotopic (exact) mass is 168 g/mol. The third kappa shape index (κ3) is 1.33. The molecule has 0 amide bonds.